The number of para-hydroxylation sites is 1. The summed E-state index contributed by atoms with van der Waals surface area (Å²) in [4.78, 5) is 22.8. The molecule has 0 aliphatic carbocycles. The molecule has 0 radical (unpaired) electrons. The zero-order valence-electron chi connectivity index (χ0n) is 10.3. The highest BCUT2D eigenvalue weighted by Crippen LogP contribution is 2.29. The topological polar surface area (TPSA) is 65.1 Å². The fourth-order valence-corrected chi connectivity index (χ4v) is 2.54. The maximum Gasteiger partial charge on any atom is 0.282 e. The molecule has 0 spiro atoms. The summed E-state index contributed by atoms with van der Waals surface area (Å²) in [6.07, 6.45) is 3.53. The van der Waals surface area contributed by atoms with Crippen molar-refractivity contribution in [1.82, 2.24) is 4.57 Å². The van der Waals surface area contributed by atoms with E-state index in [1.807, 2.05) is 7.05 Å². The van der Waals surface area contributed by atoms with Gasteiger partial charge < -0.3 is 4.57 Å². The number of aromatic nitrogens is 1. The van der Waals surface area contributed by atoms with Crippen molar-refractivity contribution in [3.05, 3.63) is 58.4 Å². The Morgan fingerprint density at radius 2 is 2.11 bits per heavy atom. The number of nitro benzene ring substituents is 1. The molecule has 0 saturated carbocycles. The minimum absolute atomic E-state index is 0.0355. The largest absolute Gasteiger partial charge is 0.357 e. The van der Waals surface area contributed by atoms with Gasteiger partial charge in [-0.1, -0.05) is 12.1 Å². The number of carbonyl (C=O) groups excluding carboxylic acids is 1. The third-order valence-corrected chi connectivity index (χ3v) is 3.64. The molecule has 98 valence electrons. The Kier molecular flexibility index (Phi) is 4.01. The van der Waals surface area contributed by atoms with E-state index >= 15 is 0 Å². The van der Waals surface area contributed by atoms with E-state index in [-0.39, 0.29) is 17.2 Å². The number of hydrogen-bond acceptors (Lipinski definition) is 4. The summed E-state index contributed by atoms with van der Waals surface area (Å²) < 4.78 is 1.79. The van der Waals surface area contributed by atoms with E-state index < -0.39 is 4.92 Å². The molecule has 6 heteroatoms. The molecule has 0 amide bonds. The number of benzene rings is 1. The summed E-state index contributed by atoms with van der Waals surface area (Å²) in [5, 5.41) is 10.8. The average molecular weight is 276 g/mol. The Morgan fingerprint density at radius 1 is 1.37 bits per heavy atom. The van der Waals surface area contributed by atoms with E-state index in [4.69, 9.17) is 0 Å². The summed E-state index contributed by atoms with van der Waals surface area (Å²) in [5.74, 6) is 0.151. The Hall–Kier alpha value is -2.08. The standard InChI is InChI=1S/C13H12N2O3S/c1-14-7-6-10(8-14)12(16)9-19-13-5-3-2-4-11(13)15(17)18/h2-8H,9H2,1H3. The van der Waals surface area contributed by atoms with Gasteiger partial charge in [0.1, 0.15) is 0 Å². The molecule has 0 atom stereocenters. The van der Waals surface area contributed by atoms with Crippen molar-refractivity contribution in [2.24, 2.45) is 7.05 Å². The number of Topliss-reactive ketones (excluding diaryl/α,β-unsaturated/α-hetero) is 1. The van der Waals surface area contributed by atoms with E-state index in [1.165, 1.54) is 17.8 Å². The third-order valence-electron chi connectivity index (χ3n) is 2.57. The number of carbonyl (C=O) groups is 1. The number of thioether (sulfide) groups is 1. The quantitative estimate of drug-likeness (QED) is 0.364. The lowest BCUT2D eigenvalue weighted by molar-refractivity contribution is -0.387. The second kappa shape index (κ2) is 5.71. The lowest BCUT2D eigenvalue weighted by atomic mass is 10.2. The first-order valence-electron chi connectivity index (χ1n) is 5.59. The maximum atomic E-state index is 11.9. The van der Waals surface area contributed by atoms with Crippen molar-refractivity contribution in [2.75, 3.05) is 5.75 Å². The number of nitrogens with zero attached hydrogens (tertiary/aromatic N) is 2. The molecule has 0 aliphatic rings. The number of rotatable bonds is 5. The van der Waals surface area contributed by atoms with Crippen LogP contribution in [0.4, 0.5) is 5.69 Å². The maximum absolute atomic E-state index is 11.9. The van der Waals surface area contributed by atoms with Gasteiger partial charge in [-0.05, 0) is 12.1 Å². The van der Waals surface area contributed by atoms with Crippen LogP contribution in [0.2, 0.25) is 0 Å². The fraction of sp³-hybridized carbons (Fsp3) is 0.154. The lowest BCUT2D eigenvalue weighted by Crippen LogP contribution is -2.01. The van der Waals surface area contributed by atoms with Crippen LogP contribution in [-0.2, 0) is 7.05 Å². The van der Waals surface area contributed by atoms with Gasteiger partial charge in [0.05, 0.1) is 15.6 Å². The number of ketones is 1. The number of aryl methyl sites for hydroxylation is 1. The smallest absolute Gasteiger partial charge is 0.282 e. The van der Waals surface area contributed by atoms with Crippen molar-refractivity contribution < 1.29 is 9.72 Å². The molecule has 5 nitrogen and oxygen atoms in total. The van der Waals surface area contributed by atoms with Crippen LogP contribution in [0.15, 0.2) is 47.6 Å². The summed E-state index contributed by atoms with van der Waals surface area (Å²) in [5.41, 5.74) is 0.655. The van der Waals surface area contributed by atoms with Gasteiger partial charge in [0, 0.05) is 31.1 Å². The van der Waals surface area contributed by atoms with Gasteiger partial charge in [-0.2, -0.15) is 0 Å². The predicted molar refractivity (Wildman–Crippen MR) is 73.6 cm³/mol. The first-order chi connectivity index (χ1) is 9.08. The van der Waals surface area contributed by atoms with Crippen molar-refractivity contribution in [3.8, 4) is 0 Å². The summed E-state index contributed by atoms with van der Waals surface area (Å²) in [7, 11) is 1.84. The lowest BCUT2D eigenvalue weighted by Gasteiger charge is -2.01. The van der Waals surface area contributed by atoms with E-state index in [0.717, 1.165) is 0 Å². The Morgan fingerprint density at radius 3 is 2.74 bits per heavy atom. The van der Waals surface area contributed by atoms with Gasteiger partial charge in [-0.3, -0.25) is 14.9 Å². The number of hydrogen-bond donors (Lipinski definition) is 0. The molecule has 1 aromatic carbocycles. The van der Waals surface area contributed by atoms with Crippen LogP contribution in [0.5, 0.6) is 0 Å². The van der Waals surface area contributed by atoms with Crippen LogP contribution in [0, 0.1) is 10.1 Å². The minimum atomic E-state index is -0.435. The highest BCUT2D eigenvalue weighted by molar-refractivity contribution is 8.00. The van der Waals surface area contributed by atoms with Crippen molar-refractivity contribution in [1.29, 1.82) is 0 Å². The first kappa shape index (κ1) is 13.4. The molecule has 1 aromatic heterocycles. The van der Waals surface area contributed by atoms with Gasteiger partial charge in [-0.15, -0.1) is 11.8 Å². The van der Waals surface area contributed by atoms with Crippen LogP contribution in [0.1, 0.15) is 10.4 Å². The zero-order valence-corrected chi connectivity index (χ0v) is 11.1. The summed E-state index contributed by atoms with van der Waals surface area (Å²) in [6, 6.07) is 8.17. The molecule has 2 rings (SSSR count). The highest BCUT2D eigenvalue weighted by Gasteiger charge is 2.15. The fourth-order valence-electron chi connectivity index (χ4n) is 1.62. The average Bonchev–Trinajstić information content (AvgIpc) is 2.83. The monoisotopic (exact) mass is 276 g/mol. The van der Waals surface area contributed by atoms with E-state index in [2.05, 4.69) is 0 Å². The second-order valence-electron chi connectivity index (χ2n) is 4.00. The van der Waals surface area contributed by atoms with Crippen LogP contribution in [0.25, 0.3) is 0 Å². The summed E-state index contributed by atoms with van der Waals surface area (Å²) in [6.45, 7) is 0. The molecule has 0 aliphatic heterocycles. The van der Waals surface area contributed by atoms with Crippen molar-refractivity contribution in [2.45, 2.75) is 4.90 Å². The van der Waals surface area contributed by atoms with E-state index in [9.17, 15) is 14.9 Å². The molecular formula is C13H12N2O3S. The normalized spacial score (nSPS) is 10.4. The zero-order chi connectivity index (χ0) is 13.8. The van der Waals surface area contributed by atoms with Crippen LogP contribution >= 0.6 is 11.8 Å². The van der Waals surface area contributed by atoms with Crippen molar-refractivity contribution >= 4 is 23.2 Å². The number of nitro groups is 1. The minimum Gasteiger partial charge on any atom is -0.357 e. The van der Waals surface area contributed by atoms with E-state index in [1.54, 1.807) is 41.2 Å². The molecule has 2 aromatic rings. The van der Waals surface area contributed by atoms with Gasteiger partial charge in [0.25, 0.3) is 5.69 Å². The van der Waals surface area contributed by atoms with Crippen LogP contribution in [0.3, 0.4) is 0 Å². The van der Waals surface area contributed by atoms with Crippen LogP contribution in [-0.4, -0.2) is 21.0 Å². The molecule has 19 heavy (non-hydrogen) atoms. The van der Waals surface area contributed by atoms with Crippen LogP contribution < -0.4 is 0 Å². The first-order valence-corrected chi connectivity index (χ1v) is 6.58. The Balaban J connectivity index is 2.07. The molecule has 0 N–H and O–H groups in total. The predicted octanol–water partition coefficient (Wildman–Crippen LogP) is 2.91. The van der Waals surface area contributed by atoms with E-state index in [0.29, 0.717) is 10.5 Å². The summed E-state index contributed by atoms with van der Waals surface area (Å²) >= 11 is 1.19. The van der Waals surface area contributed by atoms with Crippen molar-refractivity contribution in [3.63, 3.8) is 0 Å². The molecule has 0 unspecified atom stereocenters. The molecule has 1 heterocycles. The van der Waals surface area contributed by atoms with Gasteiger partial charge in [0.15, 0.2) is 5.78 Å². The molecule has 0 bridgehead atoms. The third kappa shape index (κ3) is 3.23. The van der Waals surface area contributed by atoms with Gasteiger partial charge in [-0.25, -0.2) is 0 Å². The molecule has 0 saturated heterocycles. The Bertz CT molecular complexity index is 622. The Labute approximate surface area is 114 Å². The highest BCUT2D eigenvalue weighted by atomic mass is 32.2. The molecular weight excluding hydrogens is 264 g/mol. The SMILES string of the molecule is Cn1ccc(C(=O)CSc2ccccc2[N+](=O)[O-])c1. The van der Waals surface area contributed by atoms with Gasteiger partial charge >= 0.3 is 0 Å². The molecule has 0 fully saturated rings. The second-order valence-corrected chi connectivity index (χ2v) is 5.02. The van der Waals surface area contributed by atoms with Gasteiger partial charge in [0.2, 0.25) is 0 Å².